The summed E-state index contributed by atoms with van der Waals surface area (Å²) in [5.41, 5.74) is 2.10. The number of carbonyl (C=O) groups excluding carboxylic acids is 2. The van der Waals surface area contributed by atoms with Gasteiger partial charge in [-0.1, -0.05) is 31.5 Å². The molecule has 7 nitrogen and oxygen atoms in total. The van der Waals surface area contributed by atoms with Crippen LogP contribution in [-0.4, -0.2) is 39.8 Å². The van der Waals surface area contributed by atoms with Crippen molar-refractivity contribution < 1.29 is 14.0 Å². The van der Waals surface area contributed by atoms with Crippen LogP contribution in [0.15, 0.2) is 40.0 Å². The van der Waals surface area contributed by atoms with Crippen molar-refractivity contribution in [3.8, 4) is 0 Å². The van der Waals surface area contributed by atoms with Crippen LogP contribution in [0.1, 0.15) is 85.7 Å². The number of halogens is 1. The summed E-state index contributed by atoms with van der Waals surface area (Å²) in [7, 11) is 0. The zero-order valence-corrected chi connectivity index (χ0v) is 25.5. The van der Waals surface area contributed by atoms with Gasteiger partial charge >= 0.3 is 0 Å². The lowest BCUT2D eigenvalue weighted by molar-refractivity contribution is -0.213. The second-order valence-corrected chi connectivity index (χ2v) is 13.0. The molecule has 2 heterocycles. The molecule has 3 aliphatic rings. The first-order valence-corrected chi connectivity index (χ1v) is 15.9. The van der Waals surface area contributed by atoms with E-state index in [0.29, 0.717) is 36.9 Å². The van der Waals surface area contributed by atoms with E-state index >= 15 is 0 Å². The van der Waals surface area contributed by atoms with E-state index < -0.39 is 11.1 Å². The third kappa shape index (κ3) is 5.33. The summed E-state index contributed by atoms with van der Waals surface area (Å²) in [5, 5.41) is 6.98. The van der Waals surface area contributed by atoms with Crippen molar-refractivity contribution in [1.82, 2.24) is 20.2 Å². The molecule has 0 saturated heterocycles. The number of hydrogen-bond acceptors (Lipinski definition) is 4. The molecule has 6 rings (SSSR count). The quantitative estimate of drug-likeness (QED) is 0.230. The van der Waals surface area contributed by atoms with Gasteiger partial charge in [-0.25, -0.2) is 4.39 Å². The van der Waals surface area contributed by atoms with E-state index in [4.69, 9.17) is 0 Å². The Morgan fingerprint density at radius 3 is 2.51 bits per heavy atom. The lowest BCUT2D eigenvalue weighted by Crippen LogP contribution is -2.70. The van der Waals surface area contributed by atoms with Crippen molar-refractivity contribution in [3.63, 3.8) is 0 Å². The Bertz CT molecular complexity index is 1520. The van der Waals surface area contributed by atoms with E-state index in [1.54, 1.807) is 0 Å². The number of aromatic nitrogens is 2. The number of H-pyrrole nitrogens is 1. The molecule has 9 heteroatoms. The Hall–Kier alpha value is -3.07. The number of alkyl halides is 1. The monoisotopic (exact) mass is 580 g/mol. The van der Waals surface area contributed by atoms with Gasteiger partial charge in [0.25, 0.3) is 11.5 Å². The number of nitrogens with zero attached hydrogens (tertiary/aromatic N) is 1. The smallest absolute Gasteiger partial charge is 0.254 e. The molecule has 3 N–H and O–H groups in total. The molecule has 2 amide bonds. The number of hydrogen-bond donors (Lipinski definition) is 3. The molecule has 3 aliphatic carbocycles. The molecule has 0 radical (unpaired) electrons. The number of rotatable bonds is 12. The predicted octanol–water partition coefficient (Wildman–Crippen LogP) is 5.97. The number of pyridine rings is 1. The highest BCUT2D eigenvalue weighted by molar-refractivity contribution is 7.98. The Labute approximate surface area is 245 Å². The van der Waals surface area contributed by atoms with E-state index in [9.17, 15) is 18.8 Å². The third-order valence-corrected chi connectivity index (χ3v) is 10.1. The van der Waals surface area contributed by atoms with Crippen LogP contribution < -0.4 is 16.2 Å². The second-order valence-electron chi connectivity index (χ2n) is 12.2. The largest absolute Gasteiger partial charge is 0.356 e. The normalized spacial score (nSPS) is 22.5. The maximum atomic E-state index is 13.9. The number of carbonyl (C=O) groups is 2. The van der Waals surface area contributed by atoms with Crippen molar-refractivity contribution >= 4 is 34.5 Å². The van der Waals surface area contributed by atoms with Crippen molar-refractivity contribution in [3.05, 3.63) is 63.2 Å². The van der Waals surface area contributed by atoms with Crippen LogP contribution in [0, 0.1) is 25.2 Å². The fourth-order valence-electron chi connectivity index (χ4n) is 7.17. The molecule has 1 unspecified atom stereocenters. The van der Waals surface area contributed by atoms with Crippen molar-refractivity contribution in [2.45, 2.75) is 89.4 Å². The summed E-state index contributed by atoms with van der Waals surface area (Å²) < 4.78 is 16.2. The number of para-hydroxylation sites is 1. The van der Waals surface area contributed by atoms with Crippen LogP contribution in [0.5, 0.6) is 0 Å². The molecular formula is C32H41FN4O3S. The first-order chi connectivity index (χ1) is 19.5. The highest BCUT2D eigenvalue weighted by Crippen LogP contribution is 2.69. The second kappa shape index (κ2) is 11.3. The Kier molecular flexibility index (Phi) is 8.12. The van der Waals surface area contributed by atoms with Crippen molar-refractivity contribution in [1.29, 1.82) is 0 Å². The van der Waals surface area contributed by atoms with Crippen LogP contribution in [0.25, 0.3) is 10.9 Å². The summed E-state index contributed by atoms with van der Waals surface area (Å²) in [5.74, 6) is 0.0696. The average Bonchev–Trinajstić information content (AvgIpc) is 3.20. The zero-order chi connectivity index (χ0) is 29.5. The highest BCUT2D eigenvalue weighted by Gasteiger charge is 2.72. The molecule has 3 aromatic rings. The fraction of sp³-hybridized carbons (Fsp3) is 0.531. The van der Waals surface area contributed by atoms with Gasteiger partial charge in [-0.2, -0.15) is 0 Å². The van der Waals surface area contributed by atoms with Crippen LogP contribution in [0.4, 0.5) is 4.39 Å². The van der Waals surface area contributed by atoms with Gasteiger partial charge in [0.05, 0.1) is 11.0 Å². The fourth-order valence-corrected chi connectivity index (χ4v) is 7.87. The first-order valence-electron chi connectivity index (χ1n) is 14.6. The lowest BCUT2D eigenvalue weighted by atomic mass is 9.42. The molecule has 2 atom stereocenters. The van der Waals surface area contributed by atoms with Crippen LogP contribution in [0.2, 0.25) is 0 Å². The first kappa shape index (κ1) is 29.4. The molecule has 220 valence electrons. The number of amides is 2. The molecule has 3 fully saturated rings. The molecule has 1 aromatic carbocycles. The van der Waals surface area contributed by atoms with Crippen molar-refractivity contribution in [2.24, 2.45) is 11.3 Å². The number of aryl methyl sites for hydroxylation is 1. The van der Waals surface area contributed by atoms with Gasteiger partial charge in [0.15, 0.2) is 0 Å². The zero-order valence-electron chi connectivity index (χ0n) is 24.7. The lowest BCUT2D eigenvalue weighted by Gasteiger charge is -2.64. The van der Waals surface area contributed by atoms with Gasteiger partial charge in [-0.05, 0) is 77.2 Å². The van der Waals surface area contributed by atoms with Crippen LogP contribution >= 0.6 is 11.8 Å². The SMILES string of the molecule is CCCC(CCNC(=O)C12CC(F)(C1)C2)[C@@H](C)n1c(C)c(C(=O)NCc2c(SC)cc(C)[nH]c2=O)c2ccccc21. The molecule has 2 bridgehead atoms. The van der Waals surface area contributed by atoms with Gasteiger partial charge < -0.3 is 20.2 Å². The van der Waals surface area contributed by atoms with Gasteiger partial charge in [0.1, 0.15) is 5.67 Å². The third-order valence-electron chi connectivity index (χ3n) is 9.26. The number of fused-ring (bicyclic) bond motifs is 1. The molecular weight excluding hydrogens is 539 g/mol. The topological polar surface area (TPSA) is 96.0 Å². The summed E-state index contributed by atoms with van der Waals surface area (Å²) in [4.78, 5) is 42.7. The van der Waals surface area contributed by atoms with E-state index in [-0.39, 0.29) is 35.9 Å². The van der Waals surface area contributed by atoms with E-state index in [1.165, 1.54) is 11.8 Å². The minimum atomic E-state index is -1.08. The molecule has 0 spiro atoms. The number of aromatic amines is 1. The van der Waals surface area contributed by atoms with Gasteiger partial charge in [0.2, 0.25) is 5.91 Å². The summed E-state index contributed by atoms with van der Waals surface area (Å²) in [6.07, 6.45) is 5.83. The predicted molar refractivity (Wildman–Crippen MR) is 162 cm³/mol. The minimum Gasteiger partial charge on any atom is -0.356 e. The van der Waals surface area contributed by atoms with Crippen LogP contribution in [-0.2, 0) is 11.3 Å². The average molecular weight is 581 g/mol. The maximum Gasteiger partial charge on any atom is 0.254 e. The molecule has 0 aliphatic heterocycles. The van der Waals surface area contributed by atoms with E-state index in [2.05, 4.69) is 34.0 Å². The maximum absolute atomic E-state index is 13.9. The Balaban J connectivity index is 1.34. The summed E-state index contributed by atoms with van der Waals surface area (Å²) in [6.45, 7) is 8.88. The number of benzene rings is 1. The standard InChI is InChI=1S/C32H41FN4O3S/c1-6-9-22(12-13-34-30(40)31-16-32(33,17-31)18-31)20(3)37-21(4)27(23-10-7-8-11-25(23)37)29(39)35-15-24-26(41-5)14-19(2)36-28(24)38/h7-8,10-11,14,20,22H,6,9,12-13,15-18H2,1-5H3,(H,34,40)(H,35,39)(H,36,38)/t20-,22?,31?,32?/m1/s1. The molecule has 3 saturated carbocycles. The van der Waals surface area contributed by atoms with E-state index in [1.807, 2.05) is 50.4 Å². The Morgan fingerprint density at radius 2 is 1.85 bits per heavy atom. The summed E-state index contributed by atoms with van der Waals surface area (Å²) in [6, 6.07) is 9.96. The van der Waals surface area contributed by atoms with E-state index in [0.717, 1.165) is 46.4 Å². The molecule has 41 heavy (non-hydrogen) atoms. The molecule has 2 aromatic heterocycles. The highest BCUT2D eigenvalue weighted by atomic mass is 32.2. The number of nitrogens with one attached hydrogen (secondary N) is 3. The Morgan fingerprint density at radius 1 is 1.15 bits per heavy atom. The van der Waals surface area contributed by atoms with Crippen molar-refractivity contribution in [2.75, 3.05) is 12.8 Å². The van der Waals surface area contributed by atoms with Gasteiger partial charge in [-0.3, -0.25) is 14.4 Å². The summed E-state index contributed by atoms with van der Waals surface area (Å²) >= 11 is 1.49. The van der Waals surface area contributed by atoms with Gasteiger partial charge in [-0.15, -0.1) is 11.8 Å². The van der Waals surface area contributed by atoms with Gasteiger partial charge in [0, 0.05) is 51.9 Å². The van der Waals surface area contributed by atoms with Crippen LogP contribution in [0.3, 0.4) is 0 Å². The minimum absolute atomic E-state index is 0.00137. The number of thioether (sulfide) groups is 1.